The molecule has 0 saturated heterocycles. The van der Waals surface area contributed by atoms with Crippen LogP contribution in [0.2, 0.25) is 5.02 Å². The number of fused-ring (bicyclic) bond motifs is 1. The SMILES string of the molecule is CCOC(=O)c1nn(-c2ccc(Cl)cc2)c2c1CN(S(=O)(=O)CC)CC2. The summed E-state index contributed by atoms with van der Waals surface area (Å²) in [6, 6.07) is 7.09. The van der Waals surface area contributed by atoms with Gasteiger partial charge in [0.05, 0.1) is 23.7 Å². The van der Waals surface area contributed by atoms with E-state index in [1.807, 2.05) is 0 Å². The Morgan fingerprint density at radius 2 is 1.96 bits per heavy atom. The third kappa shape index (κ3) is 3.49. The first-order chi connectivity index (χ1) is 12.4. The van der Waals surface area contributed by atoms with Gasteiger partial charge in [0.1, 0.15) is 0 Å². The summed E-state index contributed by atoms with van der Waals surface area (Å²) >= 11 is 5.95. The Morgan fingerprint density at radius 1 is 1.27 bits per heavy atom. The van der Waals surface area contributed by atoms with E-state index in [9.17, 15) is 13.2 Å². The summed E-state index contributed by atoms with van der Waals surface area (Å²) in [5, 5.41) is 5.03. The van der Waals surface area contributed by atoms with Gasteiger partial charge in [0.15, 0.2) is 5.69 Å². The number of aromatic nitrogens is 2. The number of hydrogen-bond donors (Lipinski definition) is 0. The van der Waals surface area contributed by atoms with Gasteiger partial charge in [-0.15, -0.1) is 0 Å². The molecule has 2 aromatic rings. The van der Waals surface area contributed by atoms with E-state index < -0.39 is 16.0 Å². The van der Waals surface area contributed by atoms with Crippen molar-refractivity contribution in [1.29, 1.82) is 0 Å². The van der Waals surface area contributed by atoms with Crippen molar-refractivity contribution in [3.05, 3.63) is 46.2 Å². The fourth-order valence-electron chi connectivity index (χ4n) is 2.97. The van der Waals surface area contributed by atoms with E-state index in [1.54, 1.807) is 42.8 Å². The standard InChI is InChI=1S/C17H20ClN3O4S/c1-3-25-17(22)16-14-11-20(26(23,24)4-2)10-9-15(14)21(19-16)13-7-5-12(18)6-8-13/h5-8H,3-4,9-11H2,1-2H3. The largest absolute Gasteiger partial charge is 0.461 e. The van der Waals surface area contributed by atoms with Crippen molar-refractivity contribution in [3.63, 3.8) is 0 Å². The molecule has 0 unspecified atom stereocenters. The normalized spacial score (nSPS) is 14.9. The lowest BCUT2D eigenvalue weighted by atomic mass is 10.1. The van der Waals surface area contributed by atoms with Crippen LogP contribution in [-0.2, 0) is 27.7 Å². The van der Waals surface area contributed by atoms with Gasteiger partial charge in [-0.2, -0.15) is 9.40 Å². The van der Waals surface area contributed by atoms with E-state index in [1.165, 1.54) is 4.31 Å². The van der Waals surface area contributed by atoms with Gasteiger partial charge in [-0.05, 0) is 38.1 Å². The molecule has 1 aliphatic rings. The van der Waals surface area contributed by atoms with Crippen LogP contribution in [0.4, 0.5) is 0 Å². The van der Waals surface area contributed by atoms with Gasteiger partial charge in [0.25, 0.3) is 0 Å². The van der Waals surface area contributed by atoms with E-state index in [4.69, 9.17) is 16.3 Å². The lowest BCUT2D eigenvalue weighted by Crippen LogP contribution is -2.37. The molecule has 0 radical (unpaired) electrons. The summed E-state index contributed by atoms with van der Waals surface area (Å²) in [6.07, 6.45) is 0.462. The first-order valence-electron chi connectivity index (χ1n) is 8.39. The predicted octanol–water partition coefficient (Wildman–Crippen LogP) is 2.41. The number of carbonyl (C=O) groups excluding carboxylic acids is 1. The second-order valence-corrected chi connectivity index (χ2v) is 8.56. The molecule has 9 heteroatoms. The number of benzene rings is 1. The van der Waals surface area contributed by atoms with Gasteiger partial charge in [-0.3, -0.25) is 0 Å². The lowest BCUT2D eigenvalue weighted by Gasteiger charge is -2.26. The van der Waals surface area contributed by atoms with E-state index >= 15 is 0 Å². The maximum Gasteiger partial charge on any atom is 0.359 e. The second kappa shape index (κ2) is 7.38. The van der Waals surface area contributed by atoms with Crippen LogP contribution in [0.1, 0.15) is 35.6 Å². The highest BCUT2D eigenvalue weighted by Gasteiger charge is 2.33. The maximum atomic E-state index is 12.4. The molecule has 2 heterocycles. The van der Waals surface area contributed by atoms with Gasteiger partial charge >= 0.3 is 5.97 Å². The number of sulfonamides is 1. The summed E-state index contributed by atoms with van der Waals surface area (Å²) in [7, 11) is -3.35. The third-order valence-electron chi connectivity index (χ3n) is 4.32. The van der Waals surface area contributed by atoms with Gasteiger partial charge in [-0.25, -0.2) is 17.9 Å². The van der Waals surface area contributed by atoms with Crippen molar-refractivity contribution in [2.24, 2.45) is 0 Å². The maximum absolute atomic E-state index is 12.4. The summed E-state index contributed by atoms with van der Waals surface area (Å²) in [5.74, 6) is -0.533. The number of carbonyl (C=O) groups is 1. The minimum atomic E-state index is -3.35. The van der Waals surface area contributed by atoms with Crippen molar-refractivity contribution in [3.8, 4) is 5.69 Å². The monoisotopic (exact) mass is 397 g/mol. The molecule has 0 aliphatic carbocycles. The molecule has 0 N–H and O–H groups in total. The first-order valence-corrected chi connectivity index (χ1v) is 10.4. The van der Waals surface area contributed by atoms with Crippen molar-refractivity contribution >= 4 is 27.6 Å². The molecular formula is C17H20ClN3O4S. The zero-order valence-electron chi connectivity index (χ0n) is 14.6. The Kier molecular flexibility index (Phi) is 5.36. The summed E-state index contributed by atoms with van der Waals surface area (Å²) < 4.78 is 32.7. The van der Waals surface area contributed by atoms with Gasteiger partial charge < -0.3 is 4.74 Å². The average molecular weight is 398 g/mol. The van der Waals surface area contributed by atoms with Crippen molar-refractivity contribution in [2.45, 2.75) is 26.8 Å². The highest BCUT2D eigenvalue weighted by atomic mass is 35.5. The summed E-state index contributed by atoms with van der Waals surface area (Å²) in [5.41, 5.74) is 2.33. The molecule has 0 fully saturated rings. The average Bonchev–Trinajstić information content (AvgIpc) is 3.01. The minimum Gasteiger partial charge on any atom is -0.461 e. The number of rotatable bonds is 5. The van der Waals surface area contributed by atoms with E-state index in [0.29, 0.717) is 23.6 Å². The number of esters is 1. The Labute approximate surface area is 157 Å². The first kappa shape index (κ1) is 18.9. The quantitative estimate of drug-likeness (QED) is 0.723. The molecule has 0 saturated carbocycles. The molecule has 0 spiro atoms. The molecule has 0 bridgehead atoms. The van der Waals surface area contributed by atoms with Crippen LogP contribution in [0, 0.1) is 0 Å². The van der Waals surface area contributed by atoms with E-state index in [-0.39, 0.29) is 24.6 Å². The van der Waals surface area contributed by atoms with Gasteiger partial charge in [0, 0.05) is 30.1 Å². The topological polar surface area (TPSA) is 81.5 Å². The Bertz CT molecular complexity index is 922. The summed E-state index contributed by atoms with van der Waals surface area (Å²) in [6.45, 7) is 4.01. The molecule has 26 heavy (non-hydrogen) atoms. The molecule has 7 nitrogen and oxygen atoms in total. The molecule has 140 valence electrons. The molecule has 0 amide bonds. The molecule has 1 aromatic carbocycles. The highest BCUT2D eigenvalue weighted by molar-refractivity contribution is 7.89. The van der Waals surface area contributed by atoms with E-state index in [2.05, 4.69) is 5.10 Å². The number of hydrogen-bond acceptors (Lipinski definition) is 5. The van der Waals surface area contributed by atoms with E-state index in [0.717, 1.165) is 11.4 Å². The molecular weight excluding hydrogens is 378 g/mol. The van der Waals surface area contributed by atoms with Gasteiger partial charge in [0.2, 0.25) is 10.0 Å². The van der Waals surface area contributed by atoms with Crippen LogP contribution in [0.25, 0.3) is 5.69 Å². The fourth-order valence-corrected chi connectivity index (χ4v) is 4.16. The zero-order chi connectivity index (χ0) is 18.9. The van der Waals surface area contributed by atoms with Crippen LogP contribution >= 0.6 is 11.6 Å². The lowest BCUT2D eigenvalue weighted by molar-refractivity contribution is 0.0517. The molecule has 3 rings (SSSR count). The second-order valence-electron chi connectivity index (χ2n) is 5.87. The predicted molar refractivity (Wildman–Crippen MR) is 98.1 cm³/mol. The Hall–Kier alpha value is -1.90. The van der Waals surface area contributed by atoms with Crippen molar-refractivity contribution in [2.75, 3.05) is 18.9 Å². The zero-order valence-corrected chi connectivity index (χ0v) is 16.2. The van der Waals surface area contributed by atoms with Crippen LogP contribution < -0.4 is 0 Å². The Morgan fingerprint density at radius 3 is 2.58 bits per heavy atom. The van der Waals surface area contributed by atoms with Crippen LogP contribution in [-0.4, -0.2) is 47.4 Å². The number of nitrogens with zero attached hydrogens (tertiary/aromatic N) is 3. The molecule has 0 atom stereocenters. The number of halogens is 1. The fraction of sp³-hybridized carbons (Fsp3) is 0.412. The Balaban J connectivity index is 2.09. The van der Waals surface area contributed by atoms with Crippen molar-refractivity contribution in [1.82, 2.24) is 14.1 Å². The van der Waals surface area contributed by atoms with Crippen LogP contribution in [0.15, 0.2) is 24.3 Å². The molecule has 1 aliphatic heterocycles. The summed E-state index contributed by atoms with van der Waals surface area (Å²) in [4.78, 5) is 12.4. The van der Waals surface area contributed by atoms with Crippen molar-refractivity contribution < 1.29 is 17.9 Å². The van der Waals surface area contributed by atoms with Crippen LogP contribution in [0.5, 0.6) is 0 Å². The highest BCUT2D eigenvalue weighted by Crippen LogP contribution is 2.28. The number of ether oxygens (including phenoxy) is 1. The van der Waals surface area contributed by atoms with Gasteiger partial charge in [-0.1, -0.05) is 11.6 Å². The molecule has 1 aromatic heterocycles. The third-order valence-corrected chi connectivity index (χ3v) is 6.40. The smallest absolute Gasteiger partial charge is 0.359 e. The minimum absolute atomic E-state index is 0.0163. The van der Waals surface area contributed by atoms with Crippen LogP contribution in [0.3, 0.4) is 0 Å².